The molecule has 27 heavy (non-hydrogen) atoms. The number of non-ortho nitro benzene ring substituents is 1. The molecule has 0 radical (unpaired) electrons. The molecule has 0 saturated heterocycles. The number of pyridine rings is 1. The van der Waals surface area contributed by atoms with E-state index in [0.717, 1.165) is 16.8 Å². The van der Waals surface area contributed by atoms with E-state index in [1.165, 1.54) is 19.2 Å². The van der Waals surface area contributed by atoms with Gasteiger partial charge in [0.05, 0.1) is 12.0 Å². The number of hydrogen-bond donors (Lipinski definition) is 0. The van der Waals surface area contributed by atoms with Gasteiger partial charge in [-0.05, 0) is 42.7 Å². The number of methoxy groups -OCH3 is 1. The van der Waals surface area contributed by atoms with Gasteiger partial charge < -0.3 is 4.74 Å². The highest BCUT2D eigenvalue weighted by Gasteiger charge is 2.39. The zero-order chi connectivity index (χ0) is 19.6. The van der Waals surface area contributed by atoms with Crippen LogP contribution in [-0.2, 0) is 9.53 Å². The SMILES string of the molecule is COC(=O)C1C(C)=NC(C)=C(c2ccncc2)C1c1cccc([N+](=O)[O-])c1. The summed E-state index contributed by atoms with van der Waals surface area (Å²) >= 11 is 0. The van der Waals surface area contributed by atoms with Gasteiger partial charge in [0.25, 0.3) is 5.69 Å². The Kier molecular flexibility index (Phi) is 5.12. The molecular weight excluding hydrogens is 346 g/mol. The van der Waals surface area contributed by atoms with Gasteiger partial charge in [-0.15, -0.1) is 0 Å². The van der Waals surface area contributed by atoms with Crippen LogP contribution in [0.15, 0.2) is 59.5 Å². The number of allylic oxidation sites excluding steroid dienone is 2. The number of carbonyl (C=O) groups excluding carboxylic acids is 1. The van der Waals surface area contributed by atoms with Crippen molar-refractivity contribution in [3.8, 4) is 0 Å². The van der Waals surface area contributed by atoms with Gasteiger partial charge in [0.2, 0.25) is 0 Å². The quantitative estimate of drug-likeness (QED) is 0.467. The van der Waals surface area contributed by atoms with E-state index >= 15 is 0 Å². The van der Waals surface area contributed by atoms with Crippen LogP contribution in [0.5, 0.6) is 0 Å². The van der Waals surface area contributed by atoms with E-state index in [0.29, 0.717) is 11.3 Å². The maximum Gasteiger partial charge on any atom is 0.315 e. The van der Waals surface area contributed by atoms with Crippen LogP contribution in [-0.4, -0.2) is 28.7 Å². The molecule has 0 fully saturated rings. The Morgan fingerprint density at radius 1 is 1.19 bits per heavy atom. The monoisotopic (exact) mass is 365 g/mol. The van der Waals surface area contributed by atoms with Crippen molar-refractivity contribution in [2.24, 2.45) is 10.9 Å². The minimum atomic E-state index is -0.663. The number of carbonyl (C=O) groups is 1. The number of rotatable bonds is 4. The topological polar surface area (TPSA) is 94.7 Å². The third-order valence-corrected chi connectivity index (χ3v) is 4.71. The number of nitro groups is 1. The van der Waals surface area contributed by atoms with E-state index in [1.54, 1.807) is 31.5 Å². The smallest absolute Gasteiger partial charge is 0.315 e. The van der Waals surface area contributed by atoms with Gasteiger partial charge in [-0.1, -0.05) is 12.1 Å². The van der Waals surface area contributed by atoms with Crippen molar-refractivity contribution >= 4 is 22.9 Å². The van der Waals surface area contributed by atoms with Crippen LogP contribution >= 0.6 is 0 Å². The molecule has 0 aliphatic carbocycles. The van der Waals surface area contributed by atoms with Gasteiger partial charge in [0.15, 0.2) is 0 Å². The van der Waals surface area contributed by atoms with Crippen molar-refractivity contribution < 1.29 is 14.5 Å². The van der Waals surface area contributed by atoms with E-state index in [4.69, 9.17) is 4.74 Å². The van der Waals surface area contributed by atoms with E-state index in [9.17, 15) is 14.9 Å². The molecule has 2 aromatic rings. The van der Waals surface area contributed by atoms with E-state index in [1.807, 2.05) is 19.1 Å². The standard InChI is InChI=1S/C20H19N3O4/c1-12-17(14-7-9-21-10-8-14)19(18(13(2)22-12)20(24)27-3)15-5-4-6-16(11-15)23(25)26/h4-11,18-19H,1-3H3. The minimum absolute atomic E-state index is 0.0250. The zero-order valence-electron chi connectivity index (χ0n) is 15.2. The number of nitro benzene ring substituents is 1. The summed E-state index contributed by atoms with van der Waals surface area (Å²) < 4.78 is 5.02. The van der Waals surface area contributed by atoms with Crippen molar-refractivity contribution in [1.29, 1.82) is 0 Å². The summed E-state index contributed by atoms with van der Waals surface area (Å²) in [5, 5.41) is 11.3. The van der Waals surface area contributed by atoms with Crippen LogP contribution < -0.4 is 0 Å². The van der Waals surface area contributed by atoms with Crippen LogP contribution in [0.1, 0.15) is 30.9 Å². The van der Waals surface area contributed by atoms with E-state index in [-0.39, 0.29) is 5.69 Å². The molecule has 1 aliphatic rings. The van der Waals surface area contributed by atoms with Crippen LogP contribution in [0.3, 0.4) is 0 Å². The first-order valence-electron chi connectivity index (χ1n) is 8.42. The Morgan fingerprint density at radius 2 is 1.89 bits per heavy atom. The van der Waals surface area contributed by atoms with Crippen molar-refractivity contribution in [2.45, 2.75) is 19.8 Å². The first-order valence-corrected chi connectivity index (χ1v) is 8.42. The molecule has 0 saturated carbocycles. The zero-order valence-corrected chi connectivity index (χ0v) is 15.2. The average Bonchev–Trinajstić information content (AvgIpc) is 2.67. The summed E-state index contributed by atoms with van der Waals surface area (Å²) in [4.78, 5) is 32.0. The van der Waals surface area contributed by atoms with Crippen LogP contribution in [0, 0.1) is 16.0 Å². The van der Waals surface area contributed by atoms with Gasteiger partial charge in [-0.2, -0.15) is 0 Å². The Balaban J connectivity index is 2.25. The number of aliphatic imine (C=N–C) groups is 1. The average molecular weight is 365 g/mol. The normalized spacial score (nSPS) is 19.4. The second-order valence-corrected chi connectivity index (χ2v) is 6.32. The summed E-state index contributed by atoms with van der Waals surface area (Å²) in [7, 11) is 1.33. The third-order valence-electron chi connectivity index (χ3n) is 4.71. The van der Waals surface area contributed by atoms with Crippen molar-refractivity contribution in [3.63, 3.8) is 0 Å². The molecule has 1 aromatic heterocycles. The largest absolute Gasteiger partial charge is 0.468 e. The second-order valence-electron chi connectivity index (χ2n) is 6.32. The van der Waals surface area contributed by atoms with Crippen LogP contribution in [0.4, 0.5) is 5.69 Å². The predicted molar refractivity (Wildman–Crippen MR) is 101 cm³/mol. The van der Waals surface area contributed by atoms with Gasteiger partial charge >= 0.3 is 5.97 Å². The Hall–Kier alpha value is -3.35. The first-order chi connectivity index (χ1) is 12.9. The number of ether oxygens (including phenoxy) is 1. The molecule has 0 N–H and O–H groups in total. The lowest BCUT2D eigenvalue weighted by Crippen LogP contribution is -2.33. The van der Waals surface area contributed by atoms with Crippen LogP contribution in [0.25, 0.3) is 5.57 Å². The third kappa shape index (κ3) is 3.48. The lowest BCUT2D eigenvalue weighted by atomic mass is 9.73. The van der Waals surface area contributed by atoms with Gasteiger partial charge in [0, 0.05) is 41.9 Å². The molecule has 7 nitrogen and oxygen atoms in total. The van der Waals surface area contributed by atoms with Crippen LogP contribution in [0.2, 0.25) is 0 Å². The molecule has 2 heterocycles. The van der Waals surface area contributed by atoms with Gasteiger partial charge in [0.1, 0.15) is 5.92 Å². The molecule has 2 unspecified atom stereocenters. The molecule has 7 heteroatoms. The molecule has 0 bridgehead atoms. The molecule has 1 aliphatic heterocycles. The van der Waals surface area contributed by atoms with Crippen molar-refractivity contribution in [1.82, 2.24) is 4.98 Å². The summed E-state index contributed by atoms with van der Waals surface area (Å²) in [5.74, 6) is -1.53. The lowest BCUT2D eigenvalue weighted by molar-refractivity contribution is -0.384. The molecule has 138 valence electrons. The van der Waals surface area contributed by atoms with Crippen molar-refractivity contribution in [2.75, 3.05) is 7.11 Å². The van der Waals surface area contributed by atoms with Crippen molar-refractivity contribution in [3.05, 3.63) is 75.7 Å². The maximum absolute atomic E-state index is 12.6. The summed E-state index contributed by atoms with van der Waals surface area (Å²) in [6.07, 6.45) is 3.33. The summed E-state index contributed by atoms with van der Waals surface area (Å²) in [6.45, 7) is 3.65. The minimum Gasteiger partial charge on any atom is -0.468 e. The number of aromatic nitrogens is 1. The fourth-order valence-electron chi connectivity index (χ4n) is 3.57. The van der Waals surface area contributed by atoms with Gasteiger partial charge in [-0.3, -0.25) is 24.9 Å². The highest BCUT2D eigenvalue weighted by atomic mass is 16.6. The molecular formula is C20H19N3O4. The number of nitrogens with zero attached hydrogens (tertiary/aromatic N) is 3. The summed E-state index contributed by atoms with van der Waals surface area (Å²) in [5.41, 5.74) is 3.72. The molecule has 3 rings (SSSR count). The number of esters is 1. The highest BCUT2D eigenvalue weighted by molar-refractivity contribution is 6.06. The number of benzene rings is 1. The highest BCUT2D eigenvalue weighted by Crippen LogP contribution is 2.44. The lowest BCUT2D eigenvalue weighted by Gasteiger charge is -2.32. The fraction of sp³-hybridized carbons (Fsp3) is 0.250. The Morgan fingerprint density at radius 3 is 2.52 bits per heavy atom. The Labute approximate surface area is 156 Å². The maximum atomic E-state index is 12.6. The number of hydrogen-bond acceptors (Lipinski definition) is 6. The summed E-state index contributed by atoms with van der Waals surface area (Å²) in [6, 6.07) is 10.0. The predicted octanol–water partition coefficient (Wildman–Crippen LogP) is 3.77. The van der Waals surface area contributed by atoms with E-state index in [2.05, 4.69) is 9.98 Å². The molecule has 0 amide bonds. The molecule has 2 atom stereocenters. The Bertz CT molecular complexity index is 951. The fourth-order valence-corrected chi connectivity index (χ4v) is 3.57. The van der Waals surface area contributed by atoms with Gasteiger partial charge in [-0.25, -0.2) is 0 Å². The van der Waals surface area contributed by atoms with E-state index < -0.39 is 22.7 Å². The first kappa shape index (κ1) is 18.4. The molecule has 1 aromatic carbocycles. The molecule has 0 spiro atoms. The second kappa shape index (κ2) is 7.49.